The lowest BCUT2D eigenvalue weighted by molar-refractivity contribution is -0.136. The Morgan fingerprint density at radius 3 is 2.70 bits per heavy atom. The Labute approximate surface area is 159 Å². The number of pyridine rings is 1. The molecule has 7 heteroatoms. The summed E-state index contributed by atoms with van der Waals surface area (Å²) in [6.45, 7) is 4.36. The number of aryl methyl sites for hydroxylation is 1. The van der Waals surface area contributed by atoms with E-state index in [4.69, 9.17) is 0 Å². The summed E-state index contributed by atoms with van der Waals surface area (Å²) in [6.07, 6.45) is 10.9. The van der Waals surface area contributed by atoms with Crippen molar-refractivity contribution in [2.75, 3.05) is 24.5 Å². The van der Waals surface area contributed by atoms with Crippen molar-refractivity contribution in [2.24, 2.45) is 5.92 Å². The molecule has 2 saturated heterocycles. The molecule has 2 fully saturated rings. The maximum atomic E-state index is 12.8. The molecule has 0 bridgehead atoms. The minimum Gasteiger partial charge on any atom is -0.368 e. The van der Waals surface area contributed by atoms with Crippen molar-refractivity contribution in [2.45, 2.75) is 38.6 Å². The minimum atomic E-state index is -0.233. The fourth-order valence-electron chi connectivity index (χ4n) is 4.13. The van der Waals surface area contributed by atoms with Crippen molar-refractivity contribution >= 4 is 11.6 Å². The molecule has 2 aromatic rings. The van der Waals surface area contributed by atoms with Gasteiger partial charge in [0.25, 0.3) is 0 Å². The number of hydrogen-bond acceptors (Lipinski definition) is 5. The van der Waals surface area contributed by atoms with E-state index in [1.807, 2.05) is 36.3 Å². The monoisotopic (exact) mass is 364 g/mol. The number of nitrogens with zero attached hydrogens (tertiary/aromatic N) is 6. The molecule has 7 nitrogen and oxygen atoms in total. The number of nitriles is 1. The van der Waals surface area contributed by atoms with Crippen LogP contribution >= 0.6 is 0 Å². The minimum absolute atomic E-state index is 0.0160. The largest absolute Gasteiger partial charge is 0.368 e. The van der Waals surface area contributed by atoms with E-state index >= 15 is 0 Å². The number of rotatable bonds is 3. The van der Waals surface area contributed by atoms with Crippen LogP contribution in [0.15, 0.2) is 30.9 Å². The van der Waals surface area contributed by atoms with Gasteiger partial charge in [-0.3, -0.25) is 9.78 Å². The van der Waals surface area contributed by atoms with Crippen LogP contribution in [0.3, 0.4) is 0 Å². The number of hydrogen-bond donors (Lipinski definition) is 0. The maximum Gasteiger partial charge on any atom is 0.226 e. The van der Waals surface area contributed by atoms with E-state index in [9.17, 15) is 10.1 Å². The second-order valence-corrected chi connectivity index (χ2v) is 7.41. The Hall–Kier alpha value is -2.88. The van der Waals surface area contributed by atoms with Gasteiger partial charge in [0.2, 0.25) is 5.91 Å². The first-order chi connectivity index (χ1) is 13.2. The molecule has 0 aliphatic carbocycles. The molecule has 4 heterocycles. The van der Waals surface area contributed by atoms with Gasteiger partial charge in [0.15, 0.2) is 0 Å². The van der Waals surface area contributed by atoms with Crippen LogP contribution in [0.5, 0.6) is 0 Å². The number of aromatic nitrogens is 3. The molecule has 0 saturated carbocycles. The SMILES string of the molecule is Cc1cnn(-c2ccncc2N2CCC(C(=O)N3CCC[C@H]3C#N)CC2)c1. The summed E-state index contributed by atoms with van der Waals surface area (Å²) >= 11 is 0. The molecule has 2 aliphatic rings. The first kappa shape index (κ1) is 17.5. The van der Waals surface area contributed by atoms with Crippen molar-refractivity contribution in [3.05, 3.63) is 36.4 Å². The normalized spacial score (nSPS) is 20.7. The number of anilines is 1. The highest BCUT2D eigenvalue weighted by Crippen LogP contribution is 2.30. The Morgan fingerprint density at radius 2 is 2.00 bits per heavy atom. The van der Waals surface area contributed by atoms with Gasteiger partial charge in [-0.25, -0.2) is 4.68 Å². The van der Waals surface area contributed by atoms with Crippen LogP contribution in [0.2, 0.25) is 0 Å². The van der Waals surface area contributed by atoms with E-state index in [1.165, 1.54) is 0 Å². The fourth-order valence-corrected chi connectivity index (χ4v) is 4.13. The topological polar surface area (TPSA) is 78.1 Å². The number of amides is 1. The molecule has 27 heavy (non-hydrogen) atoms. The Morgan fingerprint density at radius 1 is 1.19 bits per heavy atom. The summed E-state index contributed by atoms with van der Waals surface area (Å²) in [7, 11) is 0. The second kappa shape index (κ2) is 7.39. The first-order valence-electron chi connectivity index (χ1n) is 9.58. The smallest absolute Gasteiger partial charge is 0.226 e. The summed E-state index contributed by atoms with van der Waals surface area (Å²) in [4.78, 5) is 21.2. The predicted molar refractivity (Wildman–Crippen MR) is 101 cm³/mol. The fraction of sp³-hybridized carbons (Fsp3) is 0.500. The van der Waals surface area contributed by atoms with Gasteiger partial charge in [-0.1, -0.05) is 0 Å². The van der Waals surface area contributed by atoms with Gasteiger partial charge >= 0.3 is 0 Å². The molecule has 2 aliphatic heterocycles. The van der Waals surface area contributed by atoms with Gasteiger partial charge in [-0.15, -0.1) is 0 Å². The standard InChI is InChI=1S/C20H24N6O/c1-15-12-23-26(14-15)18-4-7-22-13-19(18)24-9-5-16(6-10-24)20(27)25-8-2-3-17(25)11-21/h4,7,12-14,16-17H,2-3,5-6,8-10H2,1H3/t17-/m0/s1. The Kier molecular flexibility index (Phi) is 4.80. The molecular formula is C20H24N6O. The highest BCUT2D eigenvalue weighted by Gasteiger charge is 2.35. The van der Waals surface area contributed by atoms with E-state index in [0.29, 0.717) is 0 Å². The number of carbonyl (C=O) groups excluding carboxylic acids is 1. The molecule has 0 radical (unpaired) electrons. The summed E-state index contributed by atoms with van der Waals surface area (Å²) in [5, 5.41) is 13.7. The van der Waals surface area contributed by atoms with Crippen LogP contribution in [0, 0.1) is 24.2 Å². The third-order valence-electron chi connectivity index (χ3n) is 5.61. The van der Waals surface area contributed by atoms with E-state index in [1.54, 1.807) is 11.1 Å². The summed E-state index contributed by atoms with van der Waals surface area (Å²) in [6, 6.07) is 4.01. The van der Waals surface area contributed by atoms with Crippen LogP contribution in [-0.2, 0) is 4.79 Å². The number of piperidine rings is 1. The van der Waals surface area contributed by atoms with Gasteiger partial charge in [0.1, 0.15) is 6.04 Å². The molecule has 0 aromatic carbocycles. The third-order valence-corrected chi connectivity index (χ3v) is 5.61. The van der Waals surface area contributed by atoms with Crippen LogP contribution in [0.1, 0.15) is 31.2 Å². The average molecular weight is 364 g/mol. The Balaban J connectivity index is 1.46. The van der Waals surface area contributed by atoms with E-state index in [2.05, 4.69) is 21.1 Å². The van der Waals surface area contributed by atoms with Gasteiger partial charge in [0.05, 0.1) is 29.8 Å². The van der Waals surface area contributed by atoms with E-state index in [-0.39, 0.29) is 17.9 Å². The van der Waals surface area contributed by atoms with Crippen molar-refractivity contribution < 1.29 is 4.79 Å². The zero-order valence-electron chi connectivity index (χ0n) is 15.6. The highest BCUT2D eigenvalue weighted by molar-refractivity contribution is 5.80. The first-order valence-corrected chi connectivity index (χ1v) is 9.58. The molecule has 1 amide bonds. The zero-order valence-corrected chi connectivity index (χ0v) is 15.6. The molecular weight excluding hydrogens is 340 g/mol. The van der Waals surface area contributed by atoms with Crippen molar-refractivity contribution in [3.63, 3.8) is 0 Å². The molecule has 0 N–H and O–H groups in total. The van der Waals surface area contributed by atoms with Gasteiger partial charge in [-0.2, -0.15) is 10.4 Å². The summed E-state index contributed by atoms with van der Waals surface area (Å²) in [5.41, 5.74) is 3.16. The average Bonchev–Trinajstić information content (AvgIpc) is 3.36. The zero-order chi connectivity index (χ0) is 18.8. The molecule has 4 rings (SSSR count). The molecule has 0 spiro atoms. The Bertz CT molecular complexity index is 861. The van der Waals surface area contributed by atoms with Crippen LogP contribution in [0.25, 0.3) is 5.69 Å². The third kappa shape index (κ3) is 3.39. The van der Waals surface area contributed by atoms with Crippen molar-refractivity contribution in [3.8, 4) is 11.8 Å². The van der Waals surface area contributed by atoms with Gasteiger partial charge < -0.3 is 9.80 Å². The van der Waals surface area contributed by atoms with Crippen LogP contribution < -0.4 is 4.90 Å². The van der Waals surface area contributed by atoms with Crippen LogP contribution in [-0.4, -0.2) is 51.2 Å². The molecule has 2 aromatic heterocycles. The predicted octanol–water partition coefficient (Wildman–Crippen LogP) is 2.31. The lowest BCUT2D eigenvalue weighted by Gasteiger charge is -2.35. The molecule has 0 unspecified atom stereocenters. The highest BCUT2D eigenvalue weighted by atomic mass is 16.2. The van der Waals surface area contributed by atoms with Crippen molar-refractivity contribution in [1.29, 1.82) is 5.26 Å². The number of likely N-dealkylation sites (tertiary alicyclic amines) is 1. The summed E-state index contributed by atoms with van der Waals surface area (Å²) in [5.74, 6) is 0.176. The van der Waals surface area contributed by atoms with E-state index in [0.717, 1.165) is 62.3 Å². The quantitative estimate of drug-likeness (QED) is 0.835. The van der Waals surface area contributed by atoms with Gasteiger partial charge in [0, 0.05) is 37.9 Å². The van der Waals surface area contributed by atoms with Crippen molar-refractivity contribution in [1.82, 2.24) is 19.7 Å². The number of carbonyl (C=O) groups is 1. The van der Waals surface area contributed by atoms with E-state index < -0.39 is 0 Å². The van der Waals surface area contributed by atoms with Crippen LogP contribution in [0.4, 0.5) is 5.69 Å². The lowest BCUT2D eigenvalue weighted by Crippen LogP contribution is -2.44. The lowest BCUT2D eigenvalue weighted by atomic mass is 9.94. The molecule has 140 valence electrons. The second-order valence-electron chi connectivity index (χ2n) is 7.41. The maximum absolute atomic E-state index is 12.8. The van der Waals surface area contributed by atoms with Gasteiger partial charge in [-0.05, 0) is 44.2 Å². The summed E-state index contributed by atoms with van der Waals surface area (Å²) < 4.78 is 1.88. The molecule has 1 atom stereocenters.